The van der Waals surface area contributed by atoms with Gasteiger partial charge in [0, 0.05) is 51.5 Å². The van der Waals surface area contributed by atoms with Crippen LogP contribution in [0.1, 0.15) is 23.4 Å². The van der Waals surface area contributed by atoms with Gasteiger partial charge in [0.25, 0.3) is 0 Å². The van der Waals surface area contributed by atoms with Crippen LogP contribution in [-0.4, -0.2) is 69.9 Å². The van der Waals surface area contributed by atoms with Crippen LogP contribution in [0.4, 0.5) is 9.93 Å². The standard InChI is InChI=1S/C18H26N6O2S/c1-22(18(25)21-17-20-15-5-12-26-13-16(15)27-17)14-3-8-23(9-4-14)10-11-24-7-2-6-19-24/h2,6-7,14H,3-5,8-13H2,1H3,(H,20,21,25). The predicted octanol–water partition coefficient (Wildman–Crippen LogP) is 2.04. The molecule has 1 fully saturated rings. The average Bonchev–Trinajstić information content (AvgIpc) is 3.35. The number of thiazole rings is 1. The van der Waals surface area contributed by atoms with Crippen LogP contribution in [-0.2, 0) is 24.3 Å². The Labute approximate surface area is 163 Å². The molecule has 4 rings (SSSR count). The average molecular weight is 391 g/mol. The molecule has 146 valence electrons. The molecule has 4 heterocycles. The second-order valence-electron chi connectivity index (χ2n) is 7.07. The summed E-state index contributed by atoms with van der Waals surface area (Å²) < 4.78 is 7.41. The number of fused-ring (bicyclic) bond motifs is 1. The van der Waals surface area contributed by atoms with E-state index in [-0.39, 0.29) is 12.1 Å². The summed E-state index contributed by atoms with van der Waals surface area (Å²) in [6.07, 6.45) is 6.62. The zero-order valence-corrected chi connectivity index (χ0v) is 16.5. The van der Waals surface area contributed by atoms with Gasteiger partial charge in [-0.05, 0) is 18.9 Å². The van der Waals surface area contributed by atoms with E-state index in [0.717, 1.165) is 56.0 Å². The first-order chi connectivity index (χ1) is 13.2. The number of urea groups is 1. The normalized spacial score (nSPS) is 18.3. The van der Waals surface area contributed by atoms with E-state index in [2.05, 4.69) is 20.3 Å². The van der Waals surface area contributed by atoms with E-state index >= 15 is 0 Å². The smallest absolute Gasteiger partial charge is 0.323 e. The molecule has 2 aliphatic rings. The summed E-state index contributed by atoms with van der Waals surface area (Å²) in [5.74, 6) is 0. The van der Waals surface area contributed by atoms with E-state index in [9.17, 15) is 4.79 Å². The molecule has 0 aliphatic carbocycles. The Bertz CT molecular complexity index is 730. The number of amides is 2. The number of carbonyl (C=O) groups excluding carboxylic acids is 1. The third-order valence-corrected chi connectivity index (χ3v) is 6.32. The number of anilines is 1. The highest BCUT2D eigenvalue weighted by Gasteiger charge is 2.26. The second kappa shape index (κ2) is 8.37. The minimum atomic E-state index is -0.0722. The van der Waals surface area contributed by atoms with Gasteiger partial charge in [-0.2, -0.15) is 5.10 Å². The number of carbonyl (C=O) groups is 1. The molecule has 0 radical (unpaired) electrons. The van der Waals surface area contributed by atoms with Gasteiger partial charge in [-0.25, -0.2) is 9.78 Å². The lowest BCUT2D eigenvalue weighted by Crippen LogP contribution is -2.47. The quantitative estimate of drug-likeness (QED) is 0.846. The summed E-state index contributed by atoms with van der Waals surface area (Å²) in [7, 11) is 1.88. The first kappa shape index (κ1) is 18.4. The molecule has 9 heteroatoms. The van der Waals surface area contributed by atoms with Crippen LogP contribution in [0.3, 0.4) is 0 Å². The number of hydrogen-bond donors (Lipinski definition) is 1. The van der Waals surface area contributed by atoms with Crippen molar-refractivity contribution in [1.82, 2.24) is 24.6 Å². The van der Waals surface area contributed by atoms with Gasteiger partial charge in [0.05, 0.1) is 30.3 Å². The fraction of sp³-hybridized carbons (Fsp3) is 0.611. The lowest BCUT2D eigenvalue weighted by atomic mass is 10.0. The number of ether oxygens (including phenoxy) is 1. The zero-order valence-electron chi connectivity index (χ0n) is 15.6. The van der Waals surface area contributed by atoms with Crippen molar-refractivity contribution >= 4 is 22.5 Å². The summed E-state index contributed by atoms with van der Waals surface area (Å²) in [6, 6.07) is 2.15. The van der Waals surface area contributed by atoms with E-state index in [1.807, 2.05) is 35.1 Å². The minimum Gasteiger partial charge on any atom is -0.375 e. The van der Waals surface area contributed by atoms with E-state index < -0.39 is 0 Å². The van der Waals surface area contributed by atoms with Gasteiger partial charge in [-0.15, -0.1) is 0 Å². The van der Waals surface area contributed by atoms with E-state index in [1.54, 1.807) is 0 Å². The Morgan fingerprint density at radius 2 is 2.26 bits per heavy atom. The van der Waals surface area contributed by atoms with Crippen molar-refractivity contribution in [2.75, 3.05) is 38.6 Å². The number of aromatic nitrogens is 3. The van der Waals surface area contributed by atoms with Crippen LogP contribution in [0.5, 0.6) is 0 Å². The molecular formula is C18H26N6O2S. The van der Waals surface area contributed by atoms with Gasteiger partial charge in [0.1, 0.15) is 0 Å². The Morgan fingerprint density at radius 1 is 1.41 bits per heavy atom. The summed E-state index contributed by atoms with van der Waals surface area (Å²) in [5.41, 5.74) is 1.06. The maximum Gasteiger partial charge on any atom is 0.323 e. The molecule has 2 aliphatic heterocycles. The summed E-state index contributed by atoms with van der Waals surface area (Å²) in [5, 5.41) is 7.89. The minimum absolute atomic E-state index is 0.0722. The molecular weight excluding hydrogens is 364 g/mol. The van der Waals surface area contributed by atoms with Crippen molar-refractivity contribution < 1.29 is 9.53 Å². The van der Waals surface area contributed by atoms with Crippen molar-refractivity contribution in [3.8, 4) is 0 Å². The second-order valence-corrected chi connectivity index (χ2v) is 8.16. The Kier molecular flexibility index (Phi) is 5.70. The van der Waals surface area contributed by atoms with Gasteiger partial charge in [-0.3, -0.25) is 10.00 Å². The van der Waals surface area contributed by atoms with Crippen molar-refractivity contribution in [3.05, 3.63) is 29.0 Å². The highest BCUT2D eigenvalue weighted by atomic mass is 32.1. The Morgan fingerprint density at radius 3 is 3.00 bits per heavy atom. The van der Waals surface area contributed by atoms with Crippen molar-refractivity contribution in [2.24, 2.45) is 0 Å². The van der Waals surface area contributed by atoms with E-state index in [4.69, 9.17) is 4.74 Å². The topological polar surface area (TPSA) is 75.5 Å². The molecule has 2 amide bonds. The van der Waals surface area contributed by atoms with Gasteiger partial charge < -0.3 is 14.5 Å². The van der Waals surface area contributed by atoms with Crippen LogP contribution in [0, 0.1) is 0 Å². The molecule has 27 heavy (non-hydrogen) atoms. The monoisotopic (exact) mass is 390 g/mol. The van der Waals surface area contributed by atoms with Crippen LogP contribution >= 0.6 is 11.3 Å². The number of rotatable bonds is 5. The van der Waals surface area contributed by atoms with Gasteiger partial charge >= 0.3 is 6.03 Å². The van der Waals surface area contributed by atoms with Crippen molar-refractivity contribution in [3.63, 3.8) is 0 Å². The van der Waals surface area contributed by atoms with Crippen LogP contribution < -0.4 is 5.32 Å². The number of nitrogens with zero attached hydrogens (tertiary/aromatic N) is 5. The highest BCUT2D eigenvalue weighted by Crippen LogP contribution is 2.27. The fourth-order valence-electron chi connectivity index (χ4n) is 3.63. The molecule has 0 bridgehead atoms. The van der Waals surface area contributed by atoms with Crippen molar-refractivity contribution in [2.45, 2.75) is 38.5 Å². The Balaban J connectivity index is 1.24. The first-order valence-electron chi connectivity index (χ1n) is 9.49. The first-order valence-corrected chi connectivity index (χ1v) is 10.3. The maximum absolute atomic E-state index is 12.6. The lowest BCUT2D eigenvalue weighted by molar-refractivity contribution is 0.112. The lowest BCUT2D eigenvalue weighted by Gasteiger charge is -2.36. The predicted molar refractivity (Wildman–Crippen MR) is 104 cm³/mol. The van der Waals surface area contributed by atoms with Gasteiger partial charge in [-0.1, -0.05) is 11.3 Å². The third-order valence-electron chi connectivity index (χ3n) is 5.34. The number of hydrogen-bond acceptors (Lipinski definition) is 6. The molecule has 0 atom stereocenters. The van der Waals surface area contributed by atoms with Crippen LogP contribution in [0.25, 0.3) is 0 Å². The highest BCUT2D eigenvalue weighted by molar-refractivity contribution is 7.15. The van der Waals surface area contributed by atoms with Crippen LogP contribution in [0.15, 0.2) is 18.5 Å². The molecule has 1 N–H and O–H groups in total. The SMILES string of the molecule is CN(C(=O)Nc1nc2c(s1)COCC2)C1CCN(CCn2cccn2)CC1. The van der Waals surface area contributed by atoms with Gasteiger partial charge in [0.15, 0.2) is 5.13 Å². The summed E-state index contributed by atoms with van der Waals surface area (Å²) >= 11 is 1.52. The third kappa shape index (κ3) is 4.48. The molecule has 2 aromatic rings. The summed E-state index contributed by atoms with van der Waals surface area (Å²) in [6.45, 7) is 5.24. The summed E-state index contributed by atoms with van der Waals surface area (Å²) in [4.78, 5) is 22.6. The molecule has 0 spiro atoms. The largest absolute Gasteiger partial charge is 0.375 e. The molecule has 0 unspecified atom stereocenters. The molecule has 1 saturated heterocycles. The van der Waals surface area contributed by atoms with Crippen LogP contribution in [0.2, 0.25) is 0 Å². The maximum atomic E-state index is 12.6. The number of likely N-dealkylation sites (tertiary alicyclic amines) is 1. The number of nitrogens with one attached hydrogen (secondary N) is 1. The zero-order chi connectivity index (χ0) is 18.6. The fourth-order valence-corrected chi connectivity index (χ4v) is 4.57. The molecule has 8 nitrogen and oxygen atoms in total. The molecule has 0 saturated carbocycles. The Hall–Kier alpha value is -1.97. The van der Waals surface area contributed by atoms with E-state index in [0.29, 0.717) is 18.3 Å². The molecule has 0 aromatic carbocycles. The number of piperidine rings is 1. The van der Waals surface area contributed by atoms with Crippen molar-refractivity contribution in [1.29, 1.82) is 0 Å². The van der Waals surface area contributed by atoms with E-state index in [1.165, 1.54) is 11.3 Å². The molecule has 2 aromatic heterocycles. The van der Waals surface area contributed by atoms with Gasteiger partial charge in [0.2, 0.25) is 0 Å².